The summed E-state index contributed by atoms with van der Waals surface area (Å²) < 4.78 is 30.2. The number of furan rings is 1. The summed E-state index contributed by atoms with van der Waals surface area (Å²) in [6, 6.07) is 3.45. The van der Waals surface area contributed by atoms with Gasteiger partial charge in [0, 0.05) is 26.1 Å². The molecule has 6 nitrogen and oxygen atoms in total. The zero-order valence-corrected chi connectivity index (χ0v) is 14.0. The van der Waals surface area contributed by atoms with Crippen molar-refractivity contribution < 1.29 is 17.6 Å². The molecule has 2 rings (SSSR count). The number of hydrogen-bond donors (Lipinski definition) is 0. The fraction of sp³-hybridized carbons (Fsp3) is 0.667. The van der Waals surface area contributed by atoms with Gasteiger partial charge in [-0.2, -0.15) is 4.31 Å². The minimum Gasteiger partial charge on any atom is -0.468 e. The van der Waals surface area contributed by atoms with Crippen molar-refractivity contribution in [1.29, 1.82) is 0 Å². The lowest BCUT2D eigenvalue weighted by molar-refractivity contribution is -0.132. The first kappa shape index (κ1) is 17.0. The second-order valence-electron chi connectivity index (χ2n) is 5.99. The molecule has 1 aromatic rings. The highest BCUT2D eigenvalue weighted by molar-refractivity contribution is 7.88. The number of amides is 1. The monoisotopic (exact) mass is 328 g/mol. The van der Waals surface area contributed by atoms with Crippen molar-refractivity contribution in [3.63, 3.8) is 0 Å². The predicted octanol–water partition coefficient (Wildman–Crippen LogP) is 1.69. The Morgan fingerprint density at radius 1 is 1.41 bits per heavy atom. The quantitative estimate of drug-likeness (QED) is 0.797. The third kappa shape index (κ3) is 4.84. The zero-order valence-electron chi connectivity index (χ0n) is 13.2. The predicted molar refractivity (Wildman–Crippen MR) is 83.6 cm³/mol. The van der Waals surface area contributed by atoms with E-state index >= 15 is 0 Å². The minimum absolute atomic E-state index is 0.0278. The number of sulfonamides is 1. The molecule has 1 aliphatic heterocycles. The molecule has 0 aromatic carbocycles. The maximum absolute atomic E-state index is 12.2. The van der Waals surface area contributed by atoms with Crippen LogP contribution in [-0.4, -0.2) is 49.4 Å². The Morgan fingerprint density at radius 2 is 2.09 bits per heavy atom. The molecule has 0 bridgehead atoms. The topological polar surface area (TPSA) is 70.8 Å². The molecule has 0 N–H and O–H groups in total. The van der Waals surface area contributed by atoms with Crippen molar-refractivity contribution in [2.24, 2.45) is 5.92 Å². The smallest absolute Gasteiger partial charge is 0.223 e. The molecule has 0 atom stereocenters. The lowest BCUT2D eigenvalue weighted by Gasteiger charge is -2.31. The van der Waals surface area contributed by atoms with Gasteiger partial charge in [0.15, 0.2) is 0 Å². The molecule has 0 radical (unpaired) electrons. The fourth-order valence-electron chi connectivity index (χ4n) is 2.57. The molecule has 7 heteroatoms. The van der Waals surface area contributed by atoms with Crippen LogP contribution in [0.2, 0.25) is 0 Å². The second kappa shape index (κ2) is 7.28. The summed E-state index contributed by atoms with van der Waals surface area (Å²) in [6.07, 6.45) is 4.92. The van der Waals surface area contributed by atoms with Crippen LogP contribution in [0.3, 0.4) is 0 Å². The first-order chi connectivity index (χ1) is 10.4. The Bertz CT molecular complexity index is 575. The van der Waals surface area contributed by atoms with Gasteiger partial charge in [0.1, 0.15) is 5.76 Å². The molecule has 22 heavy (non-hydrogen) atoms. The Kier molecular flexibility index (Phi) is 5.63. The Morgan fingerprint density at radius 3 is 2.64 bits per heavy atom. The largest absolute Gasteiger partial charge is 0.468 e. The van der Waals surface area contributed by atoms with E-state index in [2.05, 4.69) is 6.92 Å². The summed E-state index contributed by atoms with van der Waals surface area (Å²) in [5, 5.41) is 0. The van der Waals surface area contributed by atoms with Crippen molar-refractivity contribution >= 4 is 15.9 Å². The van der Waals surface area contributed by atoms with E-state index in [0.717, 1.165) is 32.2 Å². The Labute approximate surface area is 132 Å². The van der Waals surface area contributed by atoms with Crippen molar-refractivity contribution in [2.75, 3.05) is 25.9 Å². The van der Waals surface area contributed by atoms with Gasteiger partial charge in [-0.15, -0.1) is 0 Å². The van der Waals surface area contributed by atoms with Gasteiger partial charge in [-0.1, -0.05) is 6.92 Å². The van der Waals surface area contributed by atoms with Gasteiger partial charge >= 0.3 is 0 Å². The molecule has 1 aromatic heterocycles. The van der Waals surface area contributed by atoms with Gasteiger partial charge in [-0.3, -0.25) is 4.79 Å². The van der Waals surface area contributed by atoms with E-state index in [4.69, 9.17) is 4.42 Å². The van der Waals surface area contributed by atoms with Gasteiger partial charge in [-0.25, -0.2) is 8.42 Å². The van der Waals surface area contributed by atoms with E-state index < -0.39 is 10.0 Å². The number of hydrogen-bond acceptors (Lipinski definition) is 4. The lowest BCUT2D eigenvalue weighted by atomic mass is 9.99. The highest BCUT2D eigenvalue weighted by Crippen LogP contribution is 2.17. The van der Waals surface area contributed by atoms with Crippen LogP contribution < -0.4 is 0 Å². The fourth-order valence-corrected chi connectivity index (χ4v) is 3.36. The number of piperidine rings is 1. The summed E-state index contributed by atoms with van der Waals surface area (Å²) in [5.41, 5.74) is 0. The van der Waals surface area contributed by atoms with Crippen LogP contribution >= 0.6 is 0 Å². The standard InChI is InChI=1S/C15H24N2O4S/c1-13-5-8-16(9-6-13)15(18)7-10-17(22(2,19)20)12-14-4-3-11-21-14/h3-4,11,13H,5-10,12H2,1-2H3. The van der Waals surface area contributed by atoms with Gasteiger partial charge in [0.25, 0.3) is 0 Å². The molecule has 2 heterocycles. The number of carbonyl (C=O) groups excluding carboxylic acids is 1. The lowest BCUT2D eigenvalue weighted by Crippen LogP contribution is -2.40. The number of rotatable bonds is 6. The molecule has 0 spiro atoms. The van der Waals surface area contributed by atoms with Crippen LogP contribution in [0.25, 0.3) is 0 Å². The molecule has 124 valence electrons. The highest BCUT2D eigenvalue weighted by Gasteiger charge is 2.23. The SMILES string of the molecule is CC1CCN(C(=O)CCN(Cc2ccco2)S(C)(=O)=O)CC1. The maximum atomic E-state index is 12.2. The first-order valence-electron chi connectivity index (χ1n) is 7.61. The van der Waals surface area contributed by atoms with E-state index in [-0.39, 0.29) is 25.4 Å². The van der Waals surface area contributed by atoms with Crippen LogP contribution in [0.4, 0.5) is 0 Å². The number of likely N-dealkylation sites (tertiary alicyclic amines) is 1. The molecule has 1 fully saturated rings. The molecule has 1 saturated heterocycles. The molecule has 1 aliphatic rings. The van der Waals surface area contributed by atoms with E-state index in [9.17, 15) is 13.2 Å². The zero-order chi connectivity index (χ0) is 16.2. The Hall–Kier alpha value is -1.34. The van der Waals surface area contributed by atoms with E-state index in [1.54, 1.807) is 12.1 Å². The molecule has 0 saturated carbocycles. The molecule has 1 amide bonds. The normalized spacial score (nSPS) is 17.1. The van der Waals surface area contributed by atoms with Crippen LogP contribution in [0.5, 0.6) is 0 Å². The highest BCUT2D eigenvalue weighted by atomic mass is 32.2. The van der Waals surface area contributed by atoms with E-state index in [1.807, 2.05) is 4.90 Å². The average molecular weight is 328 g/mol. The molecule has 0 aliphatic carbocycles. The van der Waals surface area contributed by atoms with Crippen LogP contribution in [0.15, 0.2) is 22.8 Å². The molecule has 0 unspecified atom stereocenters. The van der Waals surface area contributed by atoms with Gasteiger partial charge in [0.2, 0.25) is 15.9 Å². The summed E-state index contributed by atoms with van der Waals surface area (Å²) in [7, 11) is -3.37. The summed E-state index contributed by atoms with van der Waals surface area (Å²) in [6.45, 7) is 4.09. The van der Waals surface area contributed by atoms with Crippen LogP contribution in [-0.2, 0) is 21.4 Å². The summed E-state index contributed by atoms with van der Waals surface area (Å²) in [4.78, 5) is 14.1. The van der Waals surface area contributed by atoms with E-state index in [0.29, 0.717) is 11.7 Å². The van der Waals surface area contributed by atoms with Gasteiger partial charge in [0.05, 0.1) is 19.1 Å². The number of nitrogens with zero attached hydrogens (tertiary/aromatic N) is 2. The summed E-state index contributed by atoms with van der Waals surface area (Å²) >= 11 is 0. The summed E-state index contributed by atoms with van der Waals surface area (Å²) in [5.74, 6) is 1.26. The third-order valence-electron chi connectivity index (χ3n) is 4.09. The van der Waals surface area contributed by atoms with Crippen molar-refractivity contribution in [3.05, 3.63) is 24.2 Å². The van der Waals surface area contributed by atoms with Crippen molar-refractivity contribution in [1.82, 2.24) is 9.21 Å². The number of carbonyl (C=O) groups is 1. The van der Waals surface area contributed by atoms with Gasteiger partial charge < -0.3 is 9.32 Å². The molecular formula is C15H24N2O4S. The van der Waals surface area contributed by atoms with Crippen LogP contribution in [0.1, 0.15) is 31.9 Å². The van der Waals surface area contributed by atoms with Crippen LogP contribution in [0, 0.1) is 5.92 Å². The first-order valence-corrected chi connectivity index (χ1v) is 9.46. The van der Waals surface area contributed by atoms with E-state index in [1.165, 1.54) is 10.6 Å². The van der Waals surface area contributed by atoms with Gasteiger partial charge in [-0.05, 0) is 30.9 Å². The Balaban J connectivity index is 1.89. The average Bonchev–Trinajstić information content (AvgIpc) is 2.95. The molecular weight excluding hydrogens is 304 g/mol. The second-order valence-corrected chi connectivity index (χ2v) is 7.97. The maximum Gasteiger partial charge on any atom is 0.223 e. The van der Waals surface area contributed by atoms with Crippen molar-refractivity contribution in [3.8, 4) is 0 Å². The third-order valence-corrected chi connectivity index (χ3v) is 5.34. The van der Waals surface area contributed by atoms with Crippen molar-refractivity contribution in [2.45, 2.75) is 32.7 Å². The minimum atomic E-state index is -3.37.